The van der Waals surface area contributed by atoms with Gasteiger partial charge in [0, 0.05) is 12.1 Å². The van der Waals surface area contributed by atoms with Crippen LogP contribution in [0.5, 0.6) is 0 Å². The summed E-state index contributed by atoms with van der Waals surface area (Å²) in [5, 5.41) is 2.87. The molecule has 1 N–H and O–H groups in total. The van der Waals surface area contributed by atoms with Gasteiger partial charge in [-0.1, -0.05) is 32.6 Å². The van der Waals surface area contributed by atoms with E-state index < -0.39 is 21.5 Å². The van der Waals surface area contributed by atoms with Crippen molar-refractivity contribution in [1.82, 2.24) is 10.2 Å². The first-order chi connectivity index (χ1) is 15.3. The monoisotopic (exact) mass is 474 g/mol. The molecule has 3 aliphatic rings. The smallest absolute Gasteiger partial charge is 0.408 e. The largest absolute Gasteiger partial charge is 0.446 e. The predicted molar refractivity (Wildman–Crippen MR) is 131 cm³/mol. The van der Waals surface area contributed by atoms with E-state index in [0.717, 1.165) is 38.9 Å². The van der Waals surface area contributed by atoms with Crippen LogP contribution >= 0.6 is 0 Å². The summed E-state index contributed by atoms with van der Waals surface area (Å²) in [4.78, 5) is 15.3. The maximum atomic E-state index is 12.6. The molecule has 3 heterocycles. The van der Waals surface area contributed by atoms with E-state index in [1.807, 2.05) is 34.6 Å². The zero-order valence-corrected chi connectivity index (χ0v) is 21.4. The summed E-state index contributed by atoms with van der Waals surface area (Å²) in [7, 11) is -3.31. The van der Waals surface area contributed by atoms with E-state index >= 15 is 0 Å². The fourth-order valence-corrected chi connectivity index (χ4v) is 5.90. The van der Waals surface area contributed by atoms with E-state index in [0.29, 0.717) is 22.8 Å². The summed E-state index contributed by atoms with van der Waals surface area (Å²) in [5.74, 6) is 6.69. The number of carbonyl (C=O) groups excluding carboxylic acids is 1. The number of sulfone groups is 1. The highest BCUT2D eigenvalue weighted by Crippen LogP contribution is 2.29. The maximum Gasteiger partial charge on any atom is 0.408 e. The topological polar surface area (TPSA) is 75.7 Å². The molecule has 0 radical (unpaired) electrons. The number of fused-ring (bicyclic) bond motifs is 4. The molecule has 4 rings (SSSR count). The average Bonchev–Trinajstić information content (AvgIpc) is 3.04. The molecule has 1 unspecified atom stereocenters. The summed E-state index contributed by atoms with van der Waals surface area (Å²) in [6, 6.07) is 6.63. The molecule has 2 bridgehead atoms. The summed E-state index contributed by atoms with van der Waals surface area (Å²) in [6.45, 7) is 12.9. The summed E-state index contributed by atoms with van der Waals surface area (Å²) >= 11 is 0. The molecule has 0 saturated carbocycles. The lowest BCUT2D eigenvalue weighted by molar-refractivity contribution is 0.0536. The normalized spacial score (nSPS) is 23.2. The molecule has 1 aromatic rings. The second-order valence-electron chi connectivity index (χ2n) is 11.1. The molecule has 1 amide bonds. The highest BCUT2D eigenvalue weighted by molar-refractivity contribution is 7.91. The third-order valence-electron chi connectivity index (χ3n) is 6.41. The van der Waals surface area contributed by atoms with Crippen LogP contribution < -0.4 is 5.32 Å². The minimum atomic E-state index is -3.31. The number of hydrogen-bond donors (Lipinski definition) is 1. The van der Waals surface area contributed by atoms with Gasteiger partial charge in [-0.25, -0.2) is 13.2 Å². The van der Waals surface area contributed by atoms with Crippen LogP contribution in [0.4, 0.5) is 4.79 Å². The number of ether oxygens (including phenoxy) is 1. The summed E-state index contributed by atoms with van der Waals surface area (Å²) < 4.78 is 30.9. The van der Waals surface area contributed by atoms with E-state index in [9.17, 15) is 13.2 Å². The molecule has 3 fully saturated rings. The van der Waals surface area contributed by atoms with Gasteiger partial charge in [0.05, 0.1) is 16.2 Å². The van der Waals surface area contributed by atoms with Gasteiger partial charge in [0.1, 0.15) is 6.10 Å². The van der Waals surface area contributed by atoms with Crippen LogP contribution in [-0.2, 0) is 14.6 Å². The first-order valence-corrected chi connectivity index (χ1v) is 13.6. The number of piperidine rings is 1. The van der Waals surface area contributed by atoms with Crippen LogP contribution in [0, 0.1) is 23.2 Å². The van der Waals surface area contributed by atoms with Crippen molar-refractivity contribution in [2.24, 2.45) is 11.3 Å². The van der Waals surface area contributed by atoms with Crippen LogP contribution in [0.2, 0.25) is 0 Å². The molecule has 3 saturated heterocycles. The number of carbonyl (C=O) groups is 1. The number of alkyl carbamates (subject to hydrolysis) is 1. The van der Waals surface area contributed by atoms with Gasteiger partial charge in [-0.05, 0) is 88.2 Å². The van der Waals surface area contributed by atoms with Gasteiger partial charge >= 0.3 is 6.09 Å². The van der Waals surface area contributed by atoms with E-state index in [-0.39, 0.29) is 17.3 Å². The van der Waals surface area contributed by atoms with Crippen LogP contribution in [0.25, 0.3) is 0 Å². The minimum absolute atomic E-state index is 0.0333. The zero-order chi connectivity index (χ0) is 24.3. The number of hydrogen-bond acceptors (Lipinski definition) is 5. The molecule has 33 heavy (non-hydrogen) atoms. The lowest BCUT2D eigenvalue weighted by Crippen LogP contribution is -2.44. The van der Waals surface area contributed by atoms with Crippen molar-refractivity contribution in [1.29, 1.82) is 0 Å². The number of rotatable bonds is 5. The number of nitrogens with one attached hydrogen (secondary N) is 1. The van der Waals surface area contributed by atoms with Crippen LogP contribution in [0.1, 0.15) is 65.9 Å². The Morgan fingerprint density at radius 1 is 1.06 bits per heavy atom. The first-order valence-electron chi connectivity index (χ1n) is 11.9. The molecule has 6 nitrogen and oxygen atoms in total. The molecule has 1 atom stereocenters. The van der Waals surface area contributed by atoms with Gasteiger partial charge in [0.2, 0.25) is 0 Å². The molecule has 182 valence electrons. The van der Waals surface area contributed by atoms with Crippen molar-refractivity contribution in [2.75, 3.05) is 25.4 Å². The van der Waals surface area contributed by atoms with Gasteiger partial charge in [-0.3, -0.25) is 0 Å². The van der Waals surface area contributed by atoms with E-state index in [1.54, 1.807) is 24.3 Å². The molecule has 0 aliphatic carbocycles. The third-order valence-corrected chi connectivity index (χ3v) is 8.15. The van der Waals surface area contributed by atoms with Crippen LogP contribution in [0.15, 0.2) is 29.2 Å². The Labute approximate surface area is 199 Å². The van der Waals surface area contributed by atoms with Crippen molar-refractivity contribution in [3.8, 4) is 11.8 Å². The van der Waals surface area contributed by atoms with Crippen LogP contribution in [0.3, 0.4) is 0 Å². The minimum Gasteiger partial charge on any atom is -0.446 e. The fourth-order valence-electron chi connectivity index (χ4n) is 4.23. The first kappa shape index (κ1) is 25.6. The lowest BCUT2D eigenvalue weighted by atomic mass is 9.93. The second kappa shape index (κ2) is 10.1. The fraction of sp³-hybridized carbons (Fsp3) is 0.654. The van der Waals surface area contributed by atoms with Crippen molar-refractivity contribution in [3.63, 3.8) is 0 Å². The Morgan fingerprint density at radius 3 is 2.27 bits per heavy atom. The van der Waals surface area contributed by atoms with E-state index in [4.69, 9.17) is 4.74 Å². The average molecular weight is 475 g/mol. The number of amides is 1. The van der Waals surface area contributed by atoms with Crippen LogP contribution in [-0.4, -0.2) is 56.4 Å². The number of nitrogens with zero attached hydrogens (tertiary/aromatic N) is 1. The lowest BCUT2D eigenvalue weighted by Gasteiger charge is -2.29. The molecule has 1 aromatic carbocycles. The molecular formula is C26H38N2O4S. The number of benzene rings is 1. The Morgan fingerprint density at radius 2 is 1.67 bits per heavy atom. The van der Waals surface area contributed by atoms with Crippen molar-refractivity contribution < 1.29 is 17.9 Å². The zero-order valence-electron chi connectivity index (χ0n) is 20.6. The van der Waals surface area contributed by atoms with Crippen molar-refractivity contribution >= 4 is 15.9 Å². The second-order valence-corrected chi connectivity index (χ2v) is 13.2. The van der Waals surface area contributed by atoms with Crippen molar-refractivity contribution in [3.05, 3.63) is 29.8 Å². The quantitative estimate of drug-likeness (QED) is 0.646. The standard InChI is InChI=1S/C26H38N2O4S/c1-25(2,3)15-19-33(30,31)22-8-6-20(7-9-22)10-14-26(4,5)27-24(29)32-23-13-18-28-16-11-21(23)12-17-28/h6-9,21,23H,11-13,15-19H2,1-5H3,(H,27,29). The van der Waals surface area contributed by atoms with E-state index in [1.165, 1.54) is 0 Å². The van der Waals surface area contributed by atoms with Gasteiger partial charge in [-0.15, -0.1) is 0 Å². The van der Waals surface area contributed by atoms with Gasteiger partial charge < -0.3 is 15.0 Å². The predicted octanol–water partition coefficient (Wildman–Crippen LogP) is 4.24. The molecular weight excluding hydrogens is 436 g/mol. The molecule has 3 aliphatic heterocycles. The Kier molecular flexibility index (Phi) is 7.80. The summed E-state index contributed by atoms with van der Waals surface area (Å²) in [5.41, 5.74) is -0.116. The molecule has 0 spiro atoms. The van der Waals surface area contributed by atoms with E-state index in [2.05, 4.69) is 22.1 Å². The third kappa shape index (κ3) is 7.75. The molecule has 7 heteroatoms. The SMILES string of the molecule is CC(C)(C)CCS(=O)(=O)c1ccc(C#CC(C)(C)NC(=O)OC2CCN3CCC2CC3)cc1. The molecule has 0 aromatic heterocycles. The Hall–Kier alpha value is -2.04. The van der Waals surface area contributed by atoms with Gasteiger partial charge in [0.15, 0.2) is 9.84 Å². The maximum absolute atomic E-state index is 12.6. The summed E-state index contributed by atoms with van der Waals surface area (Å²) in [6.07, 6.45) is 3.20. The van der Waals surface area contributed by atoms with Gasteiger partial charge in [-0.2, -0.15) is 0 Å². The Balaban J connectivity index is 1.57. The van der Waals surface area contributed by atoms with Gasteiger partial charge in [0.25, 0.3) is 0 Å². The van der Waals surface area contributed by atoms with Crippen molar-refractivity contribution in [2.45, 2.75) is 76.8 Å². The highest BCUT2D eigenvalue weighted by Gasteiger charge is 2.34. The Bertz CT molecular complexity index is 989. The highest BCUT2D eigenvalue weighted by atomic mass is 32.2.